The van der Waals surface area contributed by atoms with Crippen molar-refractivity contribution in [3.8, 4) is 0 Å². The van der Waals surface area contributed by atoms with Gasteiger partial charge in [-0.15, -0.1) is 0 Å². The van der Waals surface area contributed by atoms with Gasteiger partial charge in [0.2, 0.25) is 0 Å². The van der Waals surface area contributed by atoms with Crippen molar-refractivity contribution in [2.45, 2.75) is 85.2 Å². The molecule has 4 rings (SSSR count). The van der Waals surface area contributed by atoms with E-state index in [4.69, 9.17) is 9.47 Å². The van der Waals surface area contributed by atoms with Gasteiger partial charge in [-0.05, 0) is 79.4 Å². The molecule has 1 amide bonds. The molecule has 214 valence electrons. The van der Waals surface area contributed by atoms with Crippen LogP contribution in [0.5, 0.6) is 0 Å². The zero-order valence-electron chi connectivity index (χ0n) is 23.7. The lowest BCUT2D eigenvalue weighted by Crippen LogP contribution is -2.40. The predicted molar refractivity (Wildman–Crippen MR) is 142 cm³/mol. The molecule has 6 nitrogen and oxygen atoms in total. The number of ether oxygens (including phenoxy) is 2. The normalized spacial score (nSPS) is 25.6. The molecule has 1 aliphatic carbocycles. The Morgan fingerprint density at radius 3 is 2.54 bits per heavy atom. The minimum Gasteiger partial charge on any atom is -0.494 e. The highest BCUT2D eigenvalue weighted by molar-refractivity contribution is 5.71. The molecule has 2 heterocycles. The number of carbonyl (C=O) groups is 1. The van der Waals surface area contributed by atoms with Crippen LogP contribution in [0.25, 0.3) is 0 Å². The molecule has 1 aromatic carbocycles. The number of rotatable bonds is 6. The number of amides is 1. The predicted octanol–water partition coefficient (Wildman–Crippen LogP) is 7.55. The molecule has 1 fully saturated rings. The van der Waals surface area contributed by atoms with Crippen LogP contribution in [-0.2, 0) is 15.7 Å². The van der Waals surface area contributed by atoms with Gasteiger partial charge < -0.3 is 9.47 Å². The number of hydrogen-bond donors (Lipinski definition) is 1. The molecule has 0 saturated carbocycles. The quantitative estimate of drug-likeness (QED) is 0.398. The second kappa shape index (κ2) is 10.6. The number of cyclic esters (lactones) is 1. The van der Waals surface area contributed by atoms with Crippen LogP contribution in [0.15, 0.2) is 53.0 Å². The fourth-order valence-corrected chi connectivity index (χ4v) is 5.92. The Bertz CT molecular complexity index is 1220. The summed E-state index contributed by atoms with van der Waals surface area (Å²) in [5, 5.41) is 12.6. The average molecular weight is 549 g/mol. The monoisotopic (exact) mass is 548 g/mol. The number of methoxy groups -OCH3 is 1. The second-order valence-corrected chi connectivity index (χ2v) is 12.1. The van der Waals surface area contributed by atoms with Crippen LogP contribution in [0.3, 0.4) is 0 Å². The van der Waals surface area contributed by atoms with Crippen molar-refractivity contribution in [3.63, 3.8) is 0 Å². The van der Waals surface area contributed by atoms with Crippen LogP contribution in [0.1, 0.15) is 76.7 Å². The van der Waals surface area contributed by atoms with Gasteiger partial charge in [-0.25, -0.2) is 9.86 Å². The molecule has 3 aliphatic rings. The van der Waals surface area contributed by atoms with Crippen LogP contribution < -0.4 is 0 Å². The molecule has 0 spiro atoms. The number of alkyl halides is 3. The van der Waals surface area contributed by atoms with E-state index in [-0.39, 0.29) is 23.9 Å². The van der Waals surface area contributed by atoms with Crippen LogP contribution in [-0.4, -0.2) is 47.0 Å². The maximum absolute atomic E-state index is 13.5. The minimum atomic E-state index is -4.50. The number of halogens is 3. The van der Waals surface area contributed by atoms with Gasteiger partial charge in [-0.1, -0.05) is 45.4 Å². The number of hydrogen-bond acceptors (Lipinski definition) is 5. The molecule has 3 atom stereocenters. The van der Waals surface area contributed by atoms with Gasteiger partial charge >= 0.3 is 12.3 Å². The molecule has 0 aromatic heterocycles. The summed E-state index contributed by atoms with van der Waals surface area (Å²) in [4.78, 5) is 14.7. The first kappa shape index (κ1) is 29.1. The van der Waals surface area contributed by atoms with E-state index in [9.17, 15) is 23.2 Å². The van der Waals surface area contributed by atoms with Gasteiger partial charge in [0.25, 0.3) is 0 Å². The summed E-state index contributed by atoms with van der Waals surface area (Å²) >= 11 is 0. The summed E-state index contributed by atoms with van der Waals surface area (Å²) in [5.74, 6) is 0.699. The Balaban J connectivity index is 1.71. The van der Waals surface area contributed by atoms with Crippen LogP contribution in [0.4, 0.5) is 18.0 Å². The fraction of sp³-hybridized carbons (Fsp3) is 0.567. The third-order valence-electron chi connectivity index (χ3n) is 8.06. The molecule has 1 aromatic rings. The van der Waals surface area contributed by atoms with E-state index in [1.807, 2.05) is 26.0 Å². The van der Waals surface area contributed by atoms with Crippen LogP contribution in [0.2, 0.25) is 0 Å². The van der Waals surface area contributed by atoms with Gasteiger partial charge in [-0.2, -0.15) is 13.2 Å². The van der Waals surface area contributed by atoms with Crippen molar-refractivity contribution in [2.75, 3.05) is 13.7 Å². The van der Waals surface area contributed by atoms with Crippen molar-refractivity contribution >= 4 is 6.09 Å². The first-order valence-corrected chi connectivity index (χ1v) is 13.4. The van der Waals surface area contributed by atoms with E-state index in [1.54, 1.807) is 31.9 Å². The van der Waals surface area contributed by atoms with Crippen molar-refractivity contribution in [1.29, 1.82) is 0 Å². The summed E-state index contributed by atoms with van der Waals surface area (Å²) in [6, 6.07) is 3.08. The highest BCUT2D eigenvalue weighted by Crippen LogP contribution is 2.45. The maximum Gasteiger partial charge on any atom is 0.416 e. The molecule has 0 radical (unpaired) electrons. The van der Waals surface area contributed by atoms with Crippen LogP contribution >= 0.6 is 0 Å². The zero-order valence-corrected chi connectivity index (χ0v) is 23.7. The van der Waals surface area contributed by atoms with Crippen molar-refractivity contribution in [1.82, 2.24) is 9.96 Å². The Morgan fingerprint density at radius 1 is 1.23 bits per heavy atom. The molecule has 0 bridgehead atoms. The van der Waals surface area contributed by atoms with E-state index in [0.29, 0.717) is 35.4 Å². The number of carbonyl (C=O) groups excluding carboxylic acids is 1. The van der Waals surface area contributed by atoms with Gasteiger partial charge in [0.05, 0.1) is 24.8 Å². The largest absolute Gasteiger partial charge is 0.494 e. The van der Waals surface area contributed by atoms with E-state index in [0.717, 1.165) is 29.7 Å². The van der Waals surface area contributed by atoms with Gasteiger partial charge in [-0.3, -0.25) is 10.1 Å². The SMILES string of the molecule is COC1=C(C2=C(CN3C(=O)O[C@H](c4cc(C)cc(C(F)(F)F)c4)[C@@H]3C)CC(C)(C)CC2)N(O)C(C(C)C)C=C1. The zero-order chi connectivity index (χ0) is 28.9. The third kappa shape index (κ3) is 5.83. The Kier molecular flexibility index (Phi) is 7.87. The highest BCUT2D eigenvalue weighted by Gasteiger charge is 2.43. The molecule has 9 heteroatoms. The van der Waals surface area contributed by atoms with E-state index >= 15 is 0 Å². The van der Waals surface area contributed by atoms with E-state index < -0.39 is 30.0 Å². The molecule has 1 unspecified atom stereocenters. The topological polar surface area (TPSA) is 62.2 Å². The Labute approximate surface area is 228 Å². The summed E-state index contributed by atoms with van der Waals surface area (Å²) in [6.45, 7) is 12.1. The standard InChI is InChI=1S/C30H39F3N2O4/c1-17(2)24-8-9-25(38-7)26(35(24)37)23-10-11-29(5,6)15-21(23)16-34-19(4)27(39-28(34)36)20-12-18(3)13-22(14-20)30(31,32)33/h8-9,12-14,17,19,24,27,37H,10-11,15-16H2,1-7H3/t19-,24?,27-/m0/s1. The van der Waals surface area contributed by atoms with Crippen LogP contribution in [0, 0.1) is 18.3 Å². The maximum atomic E-state index is 13.5. The van der Waals surface area contributed by atoms with E-state index in [2.05, 4.69) is 13.8 Å². The first-order chi connectivity index (χ1) is 18.1. The molecular formula is C30H39F3N2O4. The lowest BCUT2D eigenvalue weighted by molar-refractivity contribution is -0.137. The molecular weight excluding hydrogens is 509 g/mol. The van der Waals surface area contributed by atoms with Crippen molar-refractivity contribution in [2.24, 2.45) is 11.3 Å². The summed E-state index contributed by atoms with van der Waals surface area (Å²) < 4.78 is 51.8. The summed E-state index contributed by atoms with van der Waals surface area (Å²) in [7, 11) is 1.57. The number of benzene rings is 1. The minimum absolute atomic E-state index is 0.0285. The molecule has 1 saturated heterocycles. The average Bonchev–Trinajstić information content (AvgIpc) is 3.11. The summed E-state index contributed by atoms with van der Waals surface area (Å²) in [5.41, 5.74) is 2.51. The molecule has 1 N–H and O–H groups in total. The molecule has 2 aliphatic heterocycles. The summed E-state index contributed by atoms with van der Waals surface area (Å²) in [6.07, 6.45) is 0.183. The smallest absolute Gasteiger partial charge is 0.416 e. The fourth-order valence-electron chi connectivity index (χ4n) is 5.92. The number of hydroxylamine groups is 2. The van der Waals surface area contributed by atoms with Gasteiger partial charge in [0.1, 0.15) is 17.6 Å². The highest BCUT2D eigenvalue weighted by atomic mass is 19.4. The Hall–Kier alpha value is -2.94. The lowest BCUT2D eigenvalue weighted by Gasteiger charge is -2.40. The first-order valence-electron chi connectivity index (χ1n) is 13.4. The van der Waals surface area contributed by atoms with Gasteiger partial charge in [0.15, 0.2) is 0 Å². The number of aryl methyl sites for hydroxylation is 1. The van der Waals surface area contributed by atoms with E-state index in [1.165, 1.54) is 5.06 Å². The lowest BCUT2D eigenvalue weighted by atomic mass is 9.73. The number of allylic oxidation sites excluding steroid dienone is 2. The number of nitrogens with zero attached hydrogens (tertiary/aromatic N) is 2. The van der Waals surface area contributed by atoms with Crippen molar-refractivity contribution < 1.29 is 32.6 Å². The van der Waals surface area contributed by atoms with Gasteiger partial charge in [0, 0.05) is 6.54 Å². The second-order valence-electron chi connectivity index (χ2n) is 12.1. The van der Waals surface area contributed by atoms with Crippen molar-refractivity contribution in [3.05, 3.63) is 69.6 Å². The third-order valence-corrected chi connectivity index (χ3v) is 8.06. The Morgan fingerprint density at radius 2 is 1.92 bits per heavy atom. The molecule has 39 heavy (non-hydrogen) atoms.